The third-order valence-electron chi connectivity index (χ3n) is 3.04. The molecule has 15 heavy (non-hydrogen) atoms. The normalized spacial score (nSPS) is 22.1. The molecule has 4 nitrogen and oxygen atoms in total. The van der Waals surface area contributed by atoms with E-state index in [1.165, 1.54) is 0 Å². The fraction of sp³-hybridized carbons (Fsp3) is 0.636. The van der Waals surface area contributed by atoms with Crippen LogP contribution in [0.3, 0.4) is 0 Å². The van der Waals surface area contributed by atoms with Gasteiger partial charge in [-0.3, -0.25) is 9.59 Å². The fourth-order valence-corrected chi connectivity index (χ4v) is 2.34. The van der Waals surface area contributed by atoms with Gasteiger partial charge in [-0.05, 0) is 19.3 Å². The van der Waals surface area contributed by atoms with Crippen LogP contribution in [0.25, 0.3) is 0 Å². The van der Waals surface area contributed by atoms with Gasteiger partial charge < -0.3 is 10.0 Å². The first-order chi connectivity index (χ1) is 7.24. The number of hydrogen-bond acceptors (Lipinski definition) is 3. The predicted octanol–water partition coefficient (Wildman–Crippen LogP) is 0.608. The molecule has 0 saturated carbocycles. The van der Waals surface area contributed by atoms with Gasteiger partial charge in [-0.2, -0.15) is 0 Å². The van der Waals surface area contributed by atoms with Crippen LogP contribution in [0.2, 0.25) is 0 Å². The van der Waals surface area contributed by atoms with Crippen LogP contribution in [0.4, 0.5) is 0 Å². The van der Waals surface area contributed by atoms with E-state index in [-0.39, 0.29) is 18.3 Å². The number of carbonyl (C=O) groups is 2. The van der Waals surface area contributed by atoms with Crippen LogP contribution in [-0.4, -0.2) is 34.8 Å². The number of hydrogen-bond donors (Lipinski definition) is 1. The molecule has 0 aromatic heterocycles. The fourth-order valence-electron chi connectivity index (χ4n) is 2.34. The first-order valence-electron chi connectivity index (χ1n) is 5.40. The molecule has 0 saturated heterocycles. The molecule has 0 aromatic carbocycles. The number of amides is 1. The second kappa shape index (κ2) is 4.14. The second-order valence-electron chi connectivity index (χ2n) is 3.97. The van der Waals surface area contributed by atoms with Crippen LogP contribution in [-0.2, 0) is 9.59 Å². The summed E-state index contributed by atoms with van der Waals surface area (Å²) in [4.78, 5) is 24.8. The Morgan fingerprint density at radius 1 is 1.13 bits per heavy atom. The molecule has 2 rings (SSSR count). The maximum atomic E-state index is 11.6. The molecule has 0 spiro atoms. The summed E-state index contributed by atoms with van der Waals surface area (Å²) in [5.41, 5.74) is 1.70. The van der Waals surface area contributed by atoms with E-state index >= 15 is 0 Å². The van der Waals surface area contributed by atoms with Crippen LogP contribution in [0, 0.1) is 0 Å². The second-order valence-corrected chi connectivity index (χ2v) is 3.97. The van der Waals surface area contributed by atoms with Gasteiger partial charge >= 0.3 is 0 Å². The molecular formula is C11H15NO3. The molecule has 2 aliphatic rings. The van der Waals surface area contributed by atoms with Crippen molar-refractivity contribution in [2.75, 3.05) is 13.2 Å². The van der Waals surface area contributed by atoms with Crippen LogP contribution >= 0.6 is 0 Å². The summed E-state index contributed by atoms with van der Waals surface area (Å²) in [5, 5.41) is 8.89. The largest absolute Gasteiger partial charge is 0.395 e. The van der Waals surface area contributed by atoms with Crippen LogP contribution in [0.5, 0.6) is 0 Å². The van der Waals surface area contributed by atoms with Crippen molar-refractivity contribution >= 4 is 11.7 Å². The highest BCUT2D eigenvalue weighted by molar-refractivity contribution is 5.99. The van der Waals surface area contributed by atoms with Crippen molar-refractivity contribution in [1.29, 1.82) is 0 Å². The molecule has 82 valence electrons. The molecule has 0 unspecified atom stereocenters. The van der Waals surface area contributed by atoms with Gasteiger partial charge in [0.05, 0.1) is 6.61 Å². The molecule has 4 heteroatoms. The molecule has 1 aliphatic heterocycles. The molecule has 0 radical (unpaired) electrons. The Hall–Kier alpha value is -1.16. The monoisotopic (exact) mass is 209 g/mol. The maximum Gasteiger partial charge on any atom is 0.227 e. The highest BCUT2D eigenvalue weighted by Gasteiger charge is 2.31. The van der Waals surface area contributed by atoms with Crippen molar-refractivity contribution in [1.82, 2.24) is 4.90 Å². The van der Waals surface area contributed by atoms with E-state index in [2.05, 4.69) is 0 Å². The molecule has 0 aromatic rings. The van der Waals surface area contributed by atoms with E-state index in [1.54, 1.807) is 4.90 Å². The van der Waals surface area contributed by atoms with Crippen LogP contribution in [0.1, 0.15) is 32.1 Å². The number of ketones is 1. The summed E-state index contributed by atoms with van der Waals surface area (Å²) in [6, 6.07) is 0. The minimum Gasteiger partial charge on any atom is -0.395 e. The van der Waals surface area contributed by atoms with Gasteiger partial charge in [0, 0.05) is 30.7 Å². The van der Waals surface area contributed by atoms with Crippen molar-refractivity contribution in [2.24, 2.45) is 0 Å². The van der Waals surface area contributed by atoms with Crippen molar-refractivity contribution in [3.63, 3.8) is 0 Å². The number of Topliss-reactive ketones (excluding diaryl/α,β-unsaturated/α-hetero) is 1. The van der Waals surface area contributed by atoms with Crippen LogP contribution in [0.15, 0.2) is 11.3 Å². The first kappa shape index (κ1) is 10.4. The highest BCUT2D eigenvalue weighted by Crippen LogP contribution is 2.32. The number of rotatable bonds is 2. The van der Waals surface area contributed by atoms with Crippen molar-refractivity contribution in [3.05, 3.63) is 11.3 Å². The van der Waals surface area contributed by atoms with Gasteiger partial charge in [-0.1, -0.05) is 0 Å². The minimum absolute atomic E-state index is 0.0394. The lowest BCUT2D eigenvalue weighted by atomic mass is 9.88. The average Bonchev–Trinajstić information content (AvgIpc) is 2.23. The van der Waals surface area contributed by atoms with E-state index < -0.39 is 0 Å². The SMILES string of the molecule is O=C1CCCC2=C1CCC(=O)N2CCO. The molecule has 1 N–H and O–H groups in total. The maximum absolute atomic E-state index is 11.6. The average molecular weight is 209 g/mol. The van der Waals surface area contributed by atoms with Crippen molar-refractivity contribution in [3.8, 4) is 0 Å². The van der Waals surface area contributed by atoms with E-state index in [9.17, 15) is 9.59 Å². The summed E-state index contributed by atoms with van der Waals surface area (Å²) in [7, 11) is 0. The van der Waals surface area contributed by atoms with E-state index in [4.69, 9.17) is 5.11 Å². The van der Waals surface area contributed by atoms with Gasteiger partial charge in [0.25, 0.3) is 0 Å². The molecule has 0 fully saturated rings. The Kier molecular flexibility index (Phi) is 2.86. The first-order valence-corrected chi connectivity index (χ1v) is 5.40. The number of allylic oxidation sites excluding steroid dienone is 2. The third-order valence-corrected chi connectivity index (χ3v) is 3.04. The van der Waals surface area contributed by atoms with E-state index in [0.29, 0.717) is 25.8 Å². The molecule has 1 heterocycles. The Morgan fingerprint density at radius 3 is 2.67 bits per heavy atom. The van der Waals surface area contributed by atoms with Gasteiger partial charge in [-0.25, -0.2) is 0 Å². The Morgan fingerprint density at radius 2 is 1.93 bits per heavy atom. The number of aliphatic hydroxyl groups is 1. The third kappa shape index (κ3) is 1.81. The molecule has 0 atom stereocenters. The Bertz CT molecular complexity index is 333. The molecule has 0 bridgehead atoms. The van der Waals surface area contributed by atoms with E-state index in [1.807, 2.05) is 0 Å². The molecule has 1 aliphatic carbocycles. The number of aliphatic hydroxyl groups excluding tert-OH is 1. The van der Waals surface area contributed by atoms with Gasteiger partial charge in [-0.15, -0.1) is 0 Å². The van der Waals surface area contributed by atoms with Crippen molar-refractivity contribution < 1.29 is 14.7 Å². The lowest BCUT2D eigenvalue weighted by molar-refractivity contribution is -0.131. The number of nitrogens with zero attached hydrogens (tertiary/aromatic N) is 1. The molecule has 1 amide bonds. The zero-order chi connectivity index (χ0) is 10.8. The minimum atomic E-state index is -0.0449. The number of carbonyl (C=O) groups excluding carboxylic acids is 2. The standard InChI is InChI=1S/C11H15NO3/c13-7-6-12-9-2-1-3-10(14)8(9)4-5-11(12)15/h13H,1-7H2. The smallest absolute Gasteiger partial charge is 0.227 e. The topological polar surface area (TPSA) is 57.6 Å². The van der Waals surface area contributed by atoms with Gasteiger partial charge in [0.15, 0.2) is 5.78 Å². The zero-order valence-electron chi connectivity index (χ0n) is 8.66. The summed E-state index contributed by atoms with van der Waals surface area (Å²) < 4.78 is 0. The Labute approximate surface area is 88.6 Å². The Balaban J connectivity index is 2.31. The summed E-state index contributed by atoms with van der Waals surface area (Å²) in [6.07, 6.45) is 3.24. The quantitative estimate of drug-likeness (QED) is 0.724. The van der Waals surface area contributed by atoms with Gasteiger partial charge in [0.1, 0.15) is 0 Å². The predicted molar refractivity (Wildman–Crippen MR) is 53.9 cm³/mol. The lowest BCUT2D eigenvalue weighted by Crippen LogP contribution is -2.38. The van der Waals surface area contributed by atoms with Gasteiger partial charge in [0.2, 0.25) is 5.91 Å². The highest BCUT2D eigenvalue weighted by atomic mass is 16.3. The van der Waals surface area contributed by atoms with Crippen molar-refractivity contribution in [2.45, 2.75) is 32.1 Å². The summed E-state index contributed by atoms with van der Waals surface area (Å²) in [6.45, 7) is 0.279. The summed E-state index contributed by atoms with van der Waals surface area (Å²) in [5.74, 6) is 0.226. The van der Waals surface area contributed by atoms with E-state index in [0.717, 1.165) is 24.1 Å². The zero-order valence-corrected chi connectivity index (χ0v) is 8.66. The van der Waals surface area contributed by atoms with Crippen LogP contribution < -0.4 is 0 Å². The lowest BCUT2D eigenvalue weighted by Gasteiger charge is -2.33. The summed E-state index contributed by atoms with van der Waals surface area (Å²) >= 11 is 0. The molecular weight excluding hydrogens is 194 g/mol. The number of β-amino-alcohol motifs (C(OH)–C–C–N with tert-alkyl or cyclic N) is 1.